The molecule has 82 valence electrons. The molecule has 3 N–H and O–H groups in total. The number of rotatable bonds is 1. The summed E-state index contributed by atoms with van der Waals surface area (Å²) in [4.78, 5) is 0. The summed E-state index contributed by atoms with van der Waals surface area (Å²) in [5.74, 6) is 0.152. The van der Waals surface area contributed by atoms with Crippen molar-refractivity contribution in [2.75, 3.05) is 0 Å². The van der Waals surface area contributed by atoms with Gasteiger partial charge in [0.2, 0.25) is 0 Å². The van der Waals surface area contributed by atoms with Crippen LogP contribution in [0, 0.1) is 6.92 Å². The number of aromatic hydroxyl groups is 3. The van der Waals surface area contributed by atoms with Gasteiger partial charge in [-0.25, -0.2) is 0 Å². The Morgan fingerprint density at radius 2 is 1.31 bits per heavy atom. The minimum atomic E-state index is 0.0266. The Morgan fingerprint density at radius 3 is 2.00 bits per heavy atom. The molecule has 0 spiro atoms. The number of phenolic OH excluding ortho intramolecular Hbond substituents is 3. The molecule has 3 heteroatoms. The number of aryl methyl sites for hydroxylation is 1. The lowest BCUT2D eigenvalue weighted by molar-refractivity contribution is 0.459. The van der Waals surface area contributed by atoms with Crippen molar-refractivity contribution in [3.8, 4) is 28.4 Å². The normalized spacial score (nSPS) is 10.3. The molecule has 0 fully saturated rings. The van der Waals surface area contributed by atoms with Crippen LogP contribution < -0.4 is 0 Å². The fourth-order valence-electron chi connectivity index (χ4n) is 1.61. The smallest absolute Gasteiger partial charge is 0.123 e. The molecule has 0 aliphatic rings. The second-order valence-electron chi connectivity index (χ2n) is 3.72. The predicted octanol–water partition coefficient (Wildman–Crippen LogP) is 2.78. The molecule has 0 saturated carbocycles. The molecule has 2 rings (SSSR count). The van der Waals surface area contributed by atoms with E-state index in [1.54, 1.807) is 18.2 Å². The minimum absolute atomic E-state index is 0.0266. The van der Waals surface area contributed by atoms with Crippen molar-refractivity contribution < 1.29 is 15.3 Å². The van der Waals surface area contributed by atoms with Crippen molar-refractivity contribution >= 4 is 0 Å². The van der Waals surface area contributed by atoms with Gasteiger partial charge in [-0.1, -0.05) is 11.6 Å². The van der Waals surface area contributed by atoms with Gasteiger partial charge in [-0.15, -0.1) is 0 Å². The average molecular weight is 216 g/mol. The molecular weight excluding hydrogens is 204 g/mol. The Kier molecular flexibility index (Phi) is 2.44. The SMILES string of the molecule is Cc1ccc(O)c(-c2cc(O)ccc2O)c1. The van der Waals surface area contributed by atoms with Gasteiger partial charge in [-0.05, 0) is 37.3 Å². The lowest BCUT2D eigenvalue weighted by atomic mass is 10.0. The zero-order chi connectivity index (χ0) is 11.7. The van der Waals surface area contributed by atoms with Crippen molar-refractivity contribution in [2.45, 2.75) is 6.92 Å². The Balaban J connectivity index is 2.66. The Morgan fingerprint density at radius 1 is 0.750 bits per heavy atom. The highest BCUT2D eigenvalue weighted by Gasteiger charge is 2.09. The molecule has 0 saturated heterocycles. The molecule has 2 aromatic carbocycles. The van der Waals surface area contributed by atoms with Crippen molar-refractivity contribution in [3.63, 3.8) is 0 Å². The van der Waals surface area contributed by atoms with E-state index in [0.29, 0.717) is 11.1 Å². The molecule has 2 aromatic rings. The number of phenols is 3. The predicted molar refractivity (Wildman–Crippen MR) is 61.6 cm³/mol. The highest BCUT2D eigenvalue weighted by molar-refractivity contribution is 5.76. The highest BCUT2D eigenvalue weighted by atomic mass is 16.3. The van der Waals surface area contributed by atoms with E-state index in [4.69, 9.17) is 0 Å². The largest absolute Gasteiger partial charge is 0.508 e. The fraction of sp³-hybridized carbons (Fsp3) is 0.0769. The third kappa shape index (κ3) is 1.80. The number of hydrogen-bond donors (Lipinski definition) is 3. The van der Waals surface area contributed by atoms with Crippen LogP contribution in [-0.4, -0.2) is 15.3 Å². The molecule has 3 nitrogen and oxygen atoms in total. The zero-order valence-corrected chi connectivity index (χ0v) is 8.81. The van der Waals surface area contributed by atoms with Crippen LogP contribution in [0.1, 0.15) is 5.56 Å². The van der Waals surface area contributed by atoms with Gasteiger partial charge < -0.3 is 15.3 Å². The van der Waals surface area contributed by atoms with Crippen LogP contribution >= 0.6 is 0 Å². The first-order valence-electron chi connectivity index (χ1n) is 4.90. The first-order chi connectivity index (χ1) is 7.58. The molecule has 0 aliphatic heterocycles. The van der Waals surface area contributed by atoms with Crippen LogP contribution in [0.5, 0.6) is 17.2 Å². The average Bonchev–Trinajstić information content (AvgIpc) is 2.25. The molecule has 16 heavy (non-hydrogen) atoms. The Labute approximate surface area is 93.2 Å². The summed E-state index contributed by atoms with van der Waals surface area (Å²) in [5.41, 5.74) is 1.89. The first kappa shape index (κ1) is 10.4. The van der Waals surface area contributed by atoms with Gasteiger partial charge in [0.1, 0.15) is 17.2 Å². The van der Waals surface area contributed by atoms with E-state index in [1.165, 1.54) is 18.2 Å². The third-order valence-electron chi connectivity index (χ3n) is 2.42. The molecule has 0 aliphatic carbocycles. The summed E-state index contributed by atoms with van der Waals surface area (Å²) in [6, 6.07) is 9.30. The molecule has 0 atom stereocenters. The van der Waals surface area contributed by atoms with E-state index in [2.05, 4.69) is 0 Å². The van der Waals surface area contributed by atoms with Gasteiger partial charge >= 0.3 is 0 Å². The van der Waals surface area contributed by atoms with Crippen LogP contribution in [0.4, 0.5) is 0 Å². The molecule has 0 bridgehead atoms. The molecule has 0 aromatic heterocycles. The van der Waals surface area contributed by atoms with Gasteiger partial charge in [0, 0.05) is 11.1 Å². The monoisotopic (exact) mass is 216 g/mol. The van der Waals surface area contributed by atoms with Gasteiger partial charge in [-0.3, -0.25) is 0 Å². The van der Waals surface area contributed by atoms with Gasteiger partial charge in [0.25, 0.3) is 0 Å². The molecule has 0 unspecified atom stereocenters. The van der Waals surface area contributed by atoms with Gasteiger partial charge in [0.15, 0.2) is 0 Å². The summed E-state index contributed by atoms with van der Waals surface area (Å²) in [5, 5.41) is 28.8. The van der Waals surface area contributed by atoms with E-state index in [9.17, 15) is 15.3 Å². The lowest BCUT2D eigenvalue weighted by Crippen LogP contribution is -1.82. The minimum Gasteiger partial charge on any atom is -0.508 e. The van der Waals surface area contributed by atoms with Crippen LogP contribution in [0.15, 0.2) is 36.4 Å². The highest BCUT2D eigenvalue weighted by Crippen LogP contribution is 2.37. The van der Waals surface area contributed by atoms with Crippen LogP contribution in [-0.2, 0) is 0 Å². The van der Waals surface area contributed by atoms with Crippen LogP contribution in [0.3, 0.4) is 0 Å². The van der Waals surface area contributed by atoms with E-state index < -0.39 is 0 Å². The maximum atomic E-state index is 9.71. The topological polar surface area (TPSA) is 60.7 Å². The van der Waals surface area contributed by atoms with E-state index in [1.807, 2.05) is 6.92 Å². The summed E-state index contributed by atoms with van der Waals surface area (Å²) in [6.45, 7) is 1.89. The van der Waals surface area contributed by atoms with Crippen molar-refractivity contribution in [3.05, 3.63) is 42.0 Å². The van der Waals surface area contributed by atoms with Crippen LogP contribution in [0.2, 0.25) is 0 Å². The van der Waals surface area contributed by atoms with E-state index in [0.717, 1.165) is 5.56 Å². The second kappa shape index (κ2) is 3.77. The van der Waals surface area contributed by atoms with Gasteiger partial charge in [-0.2, -0.15) is 0 Å². The summed E-state index contributed by atoms with van der Waals surface area (Å²) in [7, 11) is 0. The number of benzene rings is 2. The fourth-order valence-corrected chi connectivity index (χ4v) is 1.61. The standard InChI is InChI=1S/C13H12O3/c1-8-2-4-12(15)10(6-8)11-7-9(14)3-5-13(11)16/h2-7,14-16H,1H3. The third-order valence-corrected chi connectivity index (χ3v) is 2.42. The first-order valence-corrected chi connectivity index (χ1v) is 4.90. The molecule has 0 amide bonds. The molecule has 0 heterocycles. The molecule has 0 radical (unpaired) electrons. The van der Waals surface area contributed by atoms with Crippen LogP contribution in [0.25, 0.3) is 11.1 Å². The summed E-state index contributed by atoms with van der Waals surface area (Å²) >= 11 is 0. The van der Waals surface area contributed by atoms with E-state index >= 15 is 0 Å². The van der Waals surface area contributed by atoms with Crippen molar-refractivity contribution in [1.29, 1.82) is 0 Å². The Hall–Kier alpha value is -2.16. The zero-order valence-electron chi connectivity index (χ0n) is 8.81. The Bertz CT molecular complexity index is 483. The second-order valence-corrected chi connectivity index (χ2v) is 3.72. The number of hydrogen-bond acceptors (Lipinski definition) is 3. The summed E-state index contributed by atoms with van der Waals surface area (Å²) in [6.07, 6.45) is 0. The van der Waals surface area contributed by atoms with Gasteiger partial charge in [0.05, 0.1) is 0 Å². The summed E-state index contributed by atoms with van der Waals surface area (Å²) < 4.78 is 0. The maximum absolute atomic E-state index is 9.71. The lowest BCUT2D eigenvalue weighted by Gasteiger charge is -2.08. The molecular formula is C13H12O3. The maximum Gasteiger partial charge on any atom is 0.123 e. The van der Waals surface area contributed by atoms with Crippen molar-refractivity contribution in [1.82, 2.24) is 0 Å². The van der Waals surface area contributed by atoms with E-state index in [-0.39, 0.29) is 17.2 Å². The van der Waals surface area contributed by atoms with Crippen molar-refractivity contribution in [2.24, 2.45) is 0 Å². The quantitative estimate of drug-likeness (QED) is 0.642.